The average molecular weight is 467 g/mol. The summed E-state index contributed by atoms with van der Waals surface area (Å²) in [5.41, 5.74) is 1.29. The van der Waals surface area contributed by atoms with Gasteiger partial charge in [-0.25, -0.2) is 0 Å². The third-order valence-corrected chi connectivity index (χ3v) is 7.72. The maximum atomic E-state index is 13.5. The highest BCUT2D eigenvalue weighted by Gasteiger charge is 2.50. The zero-order chi connectivity index (χ0) is 23.8. The summed E-state index contributed by atoms with van der Waals surface area (Å²) < 4.78 is 0. The number of Topliss-reactive ketones (excluding diaryl/α,β-unsaturated/α-hetero) is 1. The number of nitrogens with zero attached hydrogens (tertiary/aromatic N) is 1. The van der Waals surface area contributed by atoms with Crippen LogP contribution < -0.4 is 10.6 Å². The molecule has 5 atom stereocenters. The molecule has 9 nitrogen and oxygen atoms in total. The van der Waals surface area contributed by atoms with Crippen LogP contribution in [0.1, 0.15) is 42.6 Å². The average Bonchev–Trinajstić information content (AvgIpc) is 3.61. The maximum absolute atomic E-state index is 13.5. The molecule has 34 heavy (non-hydrogen) atoms. The summed E-state index contributed by atoms with van der Waals surface area (Å²) in [6.45, 7) is 0.324. The largest absolute Gasteiger partial charge is 0.389 e. The summed E-state index contributed by atoms with van der Waals surface area (Å²) in [6.07, 6.45) is 3.56. The number of para-hydroxylation sites is 1. The molecule has 180 valence electrons. The number of hydrogen-bond acceptors (Lipinski definition) is 5. The van der Waals surface area contributed by atoms with Crippen molar-refractivity contribution in [2.24, 2.45) is 17.8 Å². The highest BCUT2D eigenvalue weighted by Crippen LogP contribution is 2.43. The second-order valence-electron chi connectivity index (χ2n) is 9.73. The lowest BCUT2D eigenvalue weighted by atomic mass is 9.92. The zero-order valence-corrected chi connectivity index (χ0v) is 19.0. The molecule has 2 aromatic rings. The standard InChI is InChI=1S/C25H30N4O5/c30-13-21(31)19(11-15-8-9-26-23(15)32)28-24(33)22-17-6-3-5-16(17)12-29(22)25(34)20-10-14-4-1-2-7-18(14)27-20/h1-2,4,7,10,15-17,19,22,27,30H,3,5-6,8-9,11-13H2,(H,26,32)(H,28,33)/t15-,16+,17+,19-,22-/m0/s1. The smallest absolute Gasteiger partial charge is 0.271 e. The van der Waals surface area contributed by atoms with Gasteiger partial charge in [-0.1, -0.05) is 24.6 Å². The van der Waals surface area contributed by atoms with Crippen molar-refractivity contribution in [2.45, 2.75) is 44.2 Å². The number of aliphatic hydroxyl groups excluding tert-OH is 1. The first kappa shape index (κ1) is 22.6. The van der Waals surface area contributed by atoms with Crippen molar-refractivity contribution in [3.05, 3.63) is 36.0 Å². The molecular weight excluding hydrogens is 436 g/mol. The van der Waals surface area contributed by atoms with E-state index in [1.54, 1.807) is 11.0 Å². The van der Waals surface area contributed by atoms with Crippen LogP contribution in [0.4, 0.5) is 0 Å². The Balaban J connectivity index is 1.38. The molecule has 3 aliphatic rings. The lowest BCUT2D eigenvalue weighted by Gasteiger charge is -2.29. The number of H-pyrrole nitrogens is 1. The Bertz CT molecular complexity index is 1090. The number of carbonyl (C=O) groups is 4. The van der Waals surface area contributed by atoms with Gasteiger partial charge in [0.2, 0.25) is 11.8 Å². The van der Waals surface area contributed by atoms with Gasteiger partial charge in [0.15, 0.2) is 5.78 Å². The molecule has 3 heterocycles. The SMILES string of the molecule is O=C1NCC[C@H]1C[C@H](NC(=O)[C@@H]1[C@@H]2CCC[C@@H]2CN1C(=O)c1cc2ccccc2[nH]1)C(=O)CO. The van der Waals surface area contributed by atoms with Gasteiger partial charge in [0.05, 0.1) is 6.04 Å². The van der Waals surface area contributed by atoms with Crippen LogP contribution in [0.5, 0.6) is 0 Å². The third kappa shape index (κ3) is 4.09. The minimum absolute atomic E-state index is 0.0352. The molecule has 1 aromatic carbocycles. The molecule has 9 heteroatoms. The van der Waals surface area contributed by atoms with E-state index in [1.807, 2.05) is 24.3 Å². The fraction of sp³-hybridized carbons (Fsp3) is 0.520. The molecule has 1 saturated carbocycles. The highest BCUT2D eigenvalue weighted by molar-refractivity contribution is 6.01. The van der Waals surface area contributed by atoms with Crippen LogP contribution in [0.2, 0.25) is 0 Å². The zero-order valence-electron chi connectivity index (χ0n) is 19.0. The molecule has 1 aromatic heterocycles. The summed E-state index contributed by atoms with van der Waals surface area (Å²) in [4.78, 5) is 56.3. The number of carbonyl (C=O) groups excluding carboxylic acids is 4. The van der Waals surface area contributed by atoms with E-state index in [0.717, 1.165) is 30.2 Å². The van der Waals surface area contributed by atoms with Crippen LogP contribution in [0.25, 0.3) is 10.9 Å². The molecule has 0 spiro atoms. The van der Waals surface area contributed by atoms with Crippen molar-refractivity contribution in [2.75, 3.05) is 19.7 Å². The van der Waals surface area contributed by atoms with Gasteiger partial charge in [-0.15, -0.1) is 0 Å². The first-order valence-corrected chi connectivity index (χ1v) is 12.1. The molecule has 3 amide bonds. The summed E-state index contributed by atoms with van der Waals surface area (Å²) >= 11 is 0. The second kappa shape index (κ2) is 9.21. The normalized spacial score (nSPS) is 27.0. The van der Waals surface area contributed by atoms with E-state index in [9.17, 15) is 24.3 Å². The van der Waals surface area contributed by atoms with Crippen LogP contribution in [-0.2, 0) is 14.4 Å². The Kier molecular flexibility index (Phi) is 6.12. The number of aliphatic hydroxyl groups is 1. The highest BCUT2D eigenvalue weighted by atomic mass is 16.3. The number of ketones is 1. The van der Waals surface area contributed by atoms with E-state index < -0.39 is 24.5 Å². The van der Waals surface area contributed by atoms with E-state index in [0.29, 0.717) is 25.2 Å². The van der Waals surface area contributed by atoms with Crippen LogP contribution in [0.15, 0.2) is 30.3 Å². The van der Waals surface area contributed by atoms with Crippen LogP contribution in [0, 0.1) is 17.8 Å². The maximum Gasteiger partial charge on any atom is 0.271 e. The van der Waals surface area contributed by atoms with Gasteiger partial charge < -0.3 is 25.6 Å². The Hall–Kier alpha value is -3.20. The van der Waals surface area contributed by atoms with E-state index in [4.69, 9.17) is 0 Å². The molecule has 3 fully saturated rings. The summed E-state index contributed by atoms with van der Waals surface area (Å²) in [7, 11) is 0. The quantitative estimate of drug-likeness (QED) is 0.483. The van der Waals surface area contributed by atoms with Gasteiger partial charge in [-0.2, -0.15) is 0 Å². The number of nitrogens with one attached hydrogen (secondary N) is 3. The fourth-order valence-electron chi connectivity index (χ4n) is 5.99. The van der Waals surface area contributed by atoms with Gasteiger partial charge in [0.25, 0.3) is 5.91 Å². The number of rotatable bonds is 7. The number of likely N-dealkylation sites (tertiary alicyclic amines) is 1. The number of hydrogen-bond donors (Lipinski definition) is 4. The third-order valence-electron chi connectivity index (χ3n) is 7.72. The van der Waals surface area contributed by atoms with Crippen molar-refractivity contribution in [3.63, 3.8) is 0 Å². The van der Waals surface area contributed by atoms with Gasteiger partial charge in [-0.05, 0) is 49.7 Å². The minimum atomic E-state index is -0.961. The van der Waals surface area contributed by atoms with Crippen molar-refractivity contribution in [1.82, 2.24) is 20.5 Å². The number of aromatic nitrogens is 1. The molecule has 4 N–H and O–H groups in total. The first-order chi connectivity index (χ1) is 16.5. The second-order valence-corrected chi connectivity index (χ2v) is 9.73. The Morgan fingerprint density at radius 1 is 1.18 bits per heavy atom. The topological polar surface area (TPSA) is 132 Å². The summed E-state index contributed by atoms with van der Waals surface area (Å²) in [6, 6.07) is 7.79. The van der Waals surface area contributed by atoms with E-state index in [1.165, 1.54) is 0 Å². The first-order valence-electron chi connectivity index (χ1n) is 12.1. The van der Waals surface area contributed by atoms with Crippen molar-refractivity contribution >= 4 is 34.4 Å². The van der Waals surface area contributed by atoms with Crippen LogP contribution in [-0.4, -0.2) is 70.3 Å². The van der Waals surface area contributed by atoms with Gasteiger partial charge in [-0.3, -0.25) is 19.2 Å². The molecular formula is C25H30N4O5. The van der Waals surface area contributed by atoms with Gasteiger partial charge in [0, 0.05) is 29.9 Å². The Morgan fingerprint density at radius 2 is 2.00 bits per heavy atom. The summed E-state index contributed by atoms with van der Waals surface area (Å²) in [5, 5.41) is 15.9. The molecule has 0 radical (unpaired) electrons. The Morgan fingerprint density at radius 3 is 2.74 bits per heavy atom. The van der Waals surface area contributed by atoms with Crippen molar-refractivity contribution < 1.29 is 24.3 Å². The predicted octanol–water partition coefficient (Wildman–Crippen LogP) is 0.981. The monoisotopic (exact) mass is 466 g/mol. The fourth-order valence-corrected chi connectivity index (χ4v) is 5.99. The lowest BCUT2D eigenvalue weighted by molar-refractivity contribution is -0.133. The Labute approximate surface area is 197 Å². The van der Waals surface area contributed by atoms with E-state index in [-0.39, 0.29) is 41.9 Å². The van der Waals surface area contributed by atoms with Crippen LogP contribution in [0.3, 0.4) is 0 Å². The van der Waals surface area contributed by atoms with Gasteiger partial charge >= 0.3 is 0 Å². The number of fused-ring (bicyclic) bond motifs is 2. The number of benzene rings is 1. The molecule has 2 aliphatic heterocycles. The molecule has 0 unspecified atom stereocenters. The predicted molar refractivity (Wildman–Crippen MR) is 124 cm³/mol. The van der Waals surface area contributed by atoms with E-state index >= 15 is 0 Å². The molecule has 1 aliphatic carbocycles. The number of amides is 3. The molecule has 0 bridgehead atoms. The summed E-state index contributed by atoms with van der Waals surface area (Å²) in [5.74, 6) is -1.38. The minimum Gasteiger partial charge on any atom is -0.389 e. The van der Waals surface area contributed by atoms with Crippen molar-refractivity contribution in [1.29, 1.82) is 0 Å². The van der Waals surface area contributed by atoms with Crippen molar-refractivity contribution in [3.8, 4) is 0 Å². The van der Waals surface area contributed by atoms with Gasteiger partial charge in [0.1, 0.15) is 18.3 Å². The molecule has 5 rings (SSSR count). The number of aromatic amines is 1. The van der Waals surface area contributed by atoms with E-state index in [2.05, 4.69) is 15.6 Å². The van der Waals surface area contributed by atoms with Crippen LogP contribution >= 0.6 is 0 Å². The lowest BCUT2D eigenvalue weighted by Crippen LogP contribution is -2.53. The molecule has 2 saturated heterocycles.